The van der Waals surface area contributed by atoms with Crippen LogP contribution < -0.4 is 16.0 Å². The third kappa shape index (κ3) is 7.50. The third-order valence-electron chi connectivity index (χ3n) is 6.41. The predicted octanol–water partition coefficient (Wildman–Crippen LogP) is 4.18. The van der Waals surface area contributed by atoms with Crippen LogP contribution in [-0.4, -0.2) is 58.1 Å². The summed E-state index contributed by atoms with van der Waals surface area (Å²) in [5.74, 6) is -0.636. The van der Waals surface area contributed by atoms with Crippen molar-refractivity contribution in [2.24, 2.45) is 17.8 Å². The van der Waals surface area contributed by atoms with E-state index in [0.29, 0.717) is 28.4 Å². The van der Waals surface area contributed by atoms with Crippen LogP contribution in [-0.2, 0) is 27.9 Å². The zero-order valence-corrected chi connectivity index (χ0v) is 24.0. The standard InChI is InChI=1S/C30H32FN7O5/c1-4-42-27(39)13-15-38(25-8-6-7-14-33-25)29(40)19-9-12-24-23(16-19)35-26(37(24)3)18-34-20-10-11-22(31)21(17-20)28(32)36-30(41)43-5-2/h6-12,14,16-17,34H,4-5,13,15,18H2,1-3H3,(H2,32,36,41). The van der Waals surface area contributed by atoms with Crippen LogP contribution in [0.1, 0.15) is 42.0 Å². The van der Waals surface area contributed by atoms with Crippen LogP contribution in [0.3, 0.4) is 0 Å². The molecule has 4 aromatic rings. The number of fused-ring (bicyclic) bond motifs is 1. The highest BCUT2D eigenvalue weighted by molar-refractivity contribution is 6.07. The van der Waals surface area contributed by atoms with Gasteiger partial charge in [-0.3, -0.25) is 14.5 Å². The number of aromatic nitrogens is 3. The molecule has 2 aromatic heterocycles. The molecule has 0 unspecified atom stereocenters. The van der Waals surface area contributed by atoms with Gasteiger partial charge in [-0.05, 0) is 62.4 Å². The summed E-state index contributed by atoms with van der Waals surface area (Å²) in [6, 6.07) is 14.6. The van der Waals surface area contributed by atoms with Crippen LogP contribution >= 0.6 is 0 Å². The number of hydrogen-bond acceptors (Lipinski definition) is 8. The number of amides is 2. The molecule has 0 spiro atoms. The molecule has 2 aromatic carbocycles. The molecule has 0 aliphatic carbocycles. The Bertz CT molecular complexity index is 1660. The van der Waals surface area contributed by atoms with Gasteiger partial charge in [-0.25, -0.2) is 19.2 Å². The maximum Gasteiger partial charge on any atom is 0.435 e. The van der Waals surface area contributed by atoms with Crippen LogP contribution in [0.15, 0.2) is 65.8 Å². The SMILES string of the molecule is CCOC(=O)CCN(C(=O)c1ccc2c(c1)nc(CNc1ccc(F)c(/C(N)=N/C(=O)OCC)c1)n2C)c1ccccn1. The molecule has 3 N–H and O–H groups in total. The number of esters is 1. The average Bonchev–Trinajstić information content (AvgIpc) is 3.31. The first kappa shape index (κ1) is 30.6. The van der Waals surface area contributed by atoms with E-state index in [1.54, 1.807) is 56.4 Å². The Labute approximate surface area is 247 Å². The van der Waals surface area contributed by atoms with E-state index in [1.807, 2.05) is 11.6 Å². The molecular formula is C30H32FN7O5. The van der Waals surface area contributed by atoms with E-state index in [4.69, 9.17) is 20.2 Å². The fraction of sp³-hybridized carbons (Fsp3) is 0.267. The molecule has 2 amide bonds. The first-order chi connectivity index (χ1) is 20.7. The van der Waals surface area contributed by atoms with Crippen molar-refractivity contribution in [1.29, 1.82) is 0 Å². The fourth-order valence-electron chi connectivity index (χ4n) is 4.29. The van der Waals surface area contributed by atoms with Gasteiger partial charge in [-0.15, -0.1) is 0 Å². The first-order valence-corrected chi connectivity index (χ1v) is 13.6. The van der Waals surface area contributed by atoms with Gasteiger partial charge in [0.1, 0.15) is 23.3 Å². The highest BCUT2D eigenvalue weighted by atomic mass is 19.1. The number of pyridine rings is 1. The molecule has 0 aliphatic heterocycles. The Morgan fingerprint density at radius 2 is 1.86 bits per heavy atom. The van der Waals surface area contributed by atoms with Gasteiger partial charge in [0.25, 0.3) is 5.91 Å². The normalized spacial score (nSPS) is 11.3. The lowest BCUT2D eigenvalue weighted by atomic mass is 10.1. The highest BCUT2D eigenvalue weighted by Gasteiger charge is 2.21. The summed E-state index contributed by atoms with van der Waals surface area (Å²) >= 11 is 0. The van der Waals surface area contributed by atoms with Gasteiger partial charge in [0.2, 0.25) is 0 Å². The molecule has 0 radical (unpaired) electrons. The summed E-state index contributed by atoms with van der Waals surface area (Å²) in [7, 11) is 1.84. The molecule has 0 saturated heterocycles. The second kappa shape index (κ2) is 14.0. The van der Waals surface area contributed by atoms with Crippen LogP contribution in [0.2, 0.25) is 0 Å². The number of nitrogens with one attached hydrogen (secondary N) is 1. The summed E-state index contributed by atoms with van der Waals surface area (Å²) in [4.78, 5) is 51.2. The van der Waals surface area contributed by atoms with Crippen molar-refractivity contribution >= 4 is 46.3 Å². The summed E-state index contributed by atoms with van der Waals surface area (Å²) < 4.78 is 26.0. The van der Waals surface area contributed by atoms with E-state index < -0.39 is 17.9 Å². The van der Waals surface area contributed by atoms with Crippen molar-refractivity contribution in [3.8, 4) is 0 Å². The number of benzene rings is 2. The molecule has 43 heavy (non-hydrogen) atoms. The predicted molar refractivity (Wildman–Crippen MR) is 159 cm³/mol. The van der Waals surface area contributed by atoms with E-state index in [1.165, 1.54) is 23.1 Å². The number of carbonyl (C=O) groups is 3. The molecule has 224 valence electrons. The number of rotatable bonds is 11. The van der Waals surface area contributed by atoms with Crippen molar-refractivity contribution in [2.75, 3.05) is 30.0 Å². The number of halogens is 1. The lowest BCUT2D eigenvalue weighted by Gasteiger charge is -2.21. The Morgan fingerprint density at radius 3 is 2.58 bits per heavy atom. The number of hydrogen-bond donors (Lipinski definition) is 2. The van der Waals surface area contributed by atoms with Gasteiger partial charge in [0.05, 0.1) is 42.8 Å². The van der Waals surface area contributed by atoms with E-state index in [0.717, 1.165) is 5.52 Å². The fourth-order valence-corrected chi connectivity index (χ4v) is 4.29. The Kier molecular flexibility index (Phi) is 9.99. The van der Waals surface area contributed by atoms with Gasteiger partial charge in [0.15, 0.2) is 0 Å². The van der Waals surface area contributed by atoms with Crippen molar-refractivity contribution in [3.05, 3.63) is 83.6 Å². The zero-order chi connectivity index (χ0) is 30.9. The van der Waals surface area contributed by atoms with Crippen molar-refractivity contribution < 1.29 is 28.2 Å². The van der Waals surface area contributed by atoms with Gasteiger partial charge in [-0.1, -0.05) is 6.07 Å². The van der Waals surface area contributed by atoms with E-state index in [-0.39, 0.29) is 50.0 Å². The molecule has 13 heteroatoms. The van der Waals surface area contributed by atoms with Crippen LogP contribution in [0.4, 0.5) is 20.7 Å². The second-order valence-electron chi connectivity index (χ2n) is 9.23. The number of nitrogens with two attached hydrogens (primary N) is 1. The molecule has 0 atom stereocenters. The van der Waals surface area contributed by atoms with Crippen LogP contribution in [0.5, 0.6) is 0 Å². The van der Waals surface area contributed by atoms with Gasteiger partial charge in [0, 0.05) is 31.0 Å². The minimum Gasteiger partial charge on any atom is -0.466 e. The largest absolute Gasteiger partial charge is 0.466 e. The molecule has 0 bridgehead atoms. The quantitative estimate of drug-likeness (QED) is 0.149. The molecule has 0 saturated carbocycles. The van der Waals surface area contributed by atoms with Crippen LogP contribution in [0.25, 0.3) is 11.0 Å². The molecule has 0 fully saturated rings. The Hall–Kier alpha value is -5.33. The Morgan fingerprint density at radius 1 is 1.07 bits per heavy atom. The number of carbonyl (C=O) groups excluding carboxylic acids is 3. The monoisotopic (exact) mass is 589 g/mol. The molecule has 0 aliphatic rings. The summed E-state index contributed by atoms with van der Waals surface area (Å²) in [6.45, 7) is 4.07. The van der Waals surface area contributed by atoms with Crippen molar-refractivity contribution in [1.82, 2.24) is 14.5 Å². The second-order valence-corrected chi connectivity index (χ2v) is 9.23. The maximum atomic E-state index is 14.4. The first-order valence-electron chi connectivity index (χ1n) is 13.6. The van der Waals surface area contributed by atoms with E-state index >= 15 is 0 Å². The summed E-state index contributed by atoms with van der Waals surface area (Å²) in [5, 5.41) is 3.17. The summed E-state index contributed by atoms with van der Waals surface area (Å²) in [5.41, 5.74) is 8.05. The third-order valence-corrected chi connectivity index (χ3v) is 6.41. The molecular weight excluding hydrogens is 557 g/mol. The minimum atomic E-state index is -0.905. The zero-order valence-electron chi connectivity index (χ0n) is 24.0. The van der Waals surface area contributed by atoms with Crippen molar-refractivity contribution in [3.63, 3.8) is 0 Å². The number of amidine groups is 1. The smallest absolute Gasteiger partial charge is 0.435 e. The topological polar surface area (TPSA) is 154 Å². The van der Waals surface area contributed by atoms with Gasteiger partial charge >= 0.3 is 12.1 Å². The minimum absolute atomic E-state index is 0.0171. The van der Waals surface area contributed by atoms with E-state index in [2.05, 4.69) is 15.3 Å². The molecule has 12 nitrogen and oxygen atoms in total. The van der Waals surface area contributed by atoms with Crippen molar-refractivity contribution in [2.45, 2.75) is 26.8 Å². The number of aliphatic imine (C=N–C) groups is 1. The number of aryl methyl sites for hydroxylation is 1. The lowest BCUT2D eigenvalue weighted by Crippen LogP contribution is -2.34. The molecule has 2 heterocycles. The van der Waals surface area contributed by atoms with Gasteiger partial charge in [-0.2, -0.15) is 4.99 Å². The molecule has 4 rings (SSSR count). The number of anilines is 2. The Balaban J connectivity index is 1.54. The van der Waals surface area contributed by atoms with E-state index in [9.17, 15) is 18.8 Å². The number of imidazole rings is 1. The van der Waals surface area contributed by atoms with Crippen LogP contribution in [0, 0.1) is 5.82 Å². The highest BCUT2D eigenvalue weighted by Crippen LogP contribution is 2.22. The number of nitrogens with zero attached hydrogens (tertiary/aromatic N) is 5. The average molecular weight is 590 g/mol. The maximum absolute atomic E-state index is 14.4. The lowest BCUT2D eigenvalue weighted by molar-refractivity contribution is -0.142. The van der Waals surface area contributed by atoms with Gasteiger partial charge < -0.3 is 25.1 Å². The number of ether oxygens (including phenoxy) is 2. The summed E-state index contributed by atoms with van der Waals surface area (Å²) in [6.07, 6.45) is 0.688.